The van der Waals surface area contributed by atoms with Gasteiger partial charge in [-0.05, 0) is 30.7 Å². The van der Waals surface area contributed by atoms with E-state index in [-0.39, 0.29) is 18.4 Å². The number of carbonyl (C=O) groups is 2. The summed E-state index contributed by atoms with van der Waals surface area (Å²) in [6.07, 6.45) is 0. The molecule has 2 rings (SSSR count). The first-order valence-corrected chi connectivity index (χ1v) is 8.80. The minimum absolute atomic E-state index is 0.0155. The number of halogens is 1. The third-order valence-electron chi connectivity index (χ3n) is 3.40. The van der Waals surface area contributed by atoms with Crippen molar-refractivity contribution in [2.24, 2.45) is 0 Å². The number of likely N-dealkylation sites (N-methyl/N-ethyl adjacent to an activating group) is 1. The van der Waals surface area contributed by atoms with Crippen LogP contribution >= 0.6 is 23.4 Å². The number of rotatable bonds is 6. The fourth-order valence-corrected chi connectivity index (χ4v) is 3.18. The summed E-state index contributed by atoms with van der Waals surface area (Å²) in [6.45, 7) is 1.99. The molecule has 1 N–H and O–H groups in total. The van der Waals surface area contributed by atoms with Crippen molar-refractivity contribution in [1.29, 1.82) is 0 Å². The van der Waals surface area contributed by atoms with Crippen LogP contribution in [0.15, 0.2) is 53.4 Å². The highest BCUT2D eigenvalue weighted by atomic mass is 35.5. The van der Waals surface area contributed by atoms with Crippen molar-refractivity contribution in [2.75, 3.05) is 24.7 Å². The maximum Gasteiger partial charge on any atom is 0.244 e. The Hall–Kier alpha value is -1.98. The molecule has 2 amide bonds. The smallest absolute Gasteiger partial charge is 0.244 e. The quantitative estimate of drug-likeness (QED) is 0.794. The number of carbonyl (C=O) groups excluding carboxylic acids is 2. The zero-order chi connectivity index (χ0) is 17.5. The Morgan fingerprint density at radius 2 is 1.79 bits per heavy atom. The van der Waals surface area contributed by atoms with Crippen LogP contribution in [-0.2, 0) is 9.59 Å². The van der Waals surface area contributed by atoms with E-state index in [0.29, 0.717) is 16.5 Å². The molecule has 6 heteroatoms. The second-order valence-corrected chi connectivity index (χ2v) is 6.76. The number of aryl methyl sites for hydroxylation is 1. The van der Waals surface area contributed by atoms with Crippen molar-refractivity contribution < 1.29 is 9.59 Å². The molecule has 126 valence electrons. The number of para-hydroxylation sites is 1. The van der Waals surface area contributed by atoms with Crippen molar-refractivity contribution in [2.45, 2.75) is 11.8 Å². The third kappa shape index (κ3) is 5.28. The lowest BCUT2D eigenvalue weighted by Crippen LogP contribution is -2.36. The van der Waals surface area contributed by atoms with Gasteiger partial charge in [-0.25, -0.2) is 0 Å². The zero-order valence-corrected chi connectivity index (χ0v) is 15.2. The summed E-state index contributed by atoms with van der Waals surface area (Å²) in [6, 6.07) is 14.9. The Labute approximate surface area is 151 Å². The van der Waals surface area contributed by atoms with E-state index in [4.69, 9.17) is 11.6 Å². The van der Waals surface area contributed by atoms with Gasteiger partial charge in [-0.2, -0.15) is 0 Å². The van der Waals surface area contributed by atoms with Gasteiger partial charge in [0.15, 0.2) is 0 Å². The molecular weight excluding hydrogens is 344 g/mol. The number of hydrogen-bond donors (Lipinski definition) is 1. The first kappa shape index (κ1) is 18.4. The van der Waals surface area contributed by atoms with Crippen molar-refractivity contribution in [3.63, 3.8) is 0 Å². The molecule has 0 heterocycles. The highest BCUT2D eigenvalue weighted by molar-refractivity contribution is 8.00. The molecule has 0 radical (unpaired) electrons. The summed E-state index contributed by atoms with van der Waals surface area (Å²) in [5, 5.41) is 3.17. The van der Waals surface area contributed by atoms with E-state index in [2.05, 4.69) is 5.32 Å². The summed E-state index contributed by atoms with van der Waals surface area (Å²) in [5.41, 5.74) is 1.67. The Balaban J connectivity index is 1.84. The first-order chi connectivity index (χ1) is 11.5. The SMILES string of the molecule is Cc1ccccc1SCC(=O)N(C)CC(=O)Nc1ccccc1Cl. The van der Waals surface area contributed by atoms with Crippen LogP contribution in [0.25, 0.3) is 0 Å². The average Bonchev–Trinajstić information content (AvgIpc) is 2.56. The van der Waals surface area contributed by atoms with Crippen LogP contribution in [0.4, 0.5) is 5.69 Å². The number of anilines is 1. The standard InChI is InChI=1S/C18H19ClN2O2S/c1-13-7-3-6-10-16(13)24-12-18(23)21(2)11-17(22)20-15-9-5-4-8-14(15)19/h3-10H,11-12H2,1-2H3,(H,20,22). The van der Waals surface area contributed by atoms with Gasteiger partial charge in [0.1, 0.15) is 0 Å². The van der Waals surface area contributed by atoms with Gasteiger partial charge < -0.3 is 10.2 Å². The molecule has 24 heavy (non-hydrogen) atoms. The summed E-state index contributed by atoms with van der Waals surface area (Å²) in [5.74, 6) is -0.0850. The molecule has 4 nitrogen and oxygen atoms in total. The van der Waals surface area contributed by atoms with Gasteiger partial charge in [-0.3, -0.25) is 9.59 Å². The molecule has 0 unspecified atom stereocenters. The van der Waals surface area contributed by atoms with Gasteiger partial charge in [0.2, 0.25) is 11.8 Å². The van der Waals surface area contributed by atoms with Crippen LogP contribution in [0, 0.1) is 6.92 Å². The summed E-state index contributed by atoms with van der Waals surface area (Å²) < 4.78 is 0. The Bertz CT molecular complexity index is 736. The normalized spacial score (nSPS) is 10.3. The molecule has 0 atom stereocenters. The van der Waals surface area contributed by atoms with Crippen molar-refractivity contribution in [3.05, 3.63) is 59.1 Å². The van der Waals surface area contributed by atoms with Gasteiger partial charge in [0.05, 0.1) is 23.0 Å². The first-order valence-electron chi connectivity index (χ1n) is 7.44. The lowest BCUT2D eigenvalue weighted by atomic mass is 10.2. The molecule has 2 aromatic rings. The van der Waals surface area contributed by atoms with Gasteiger partial charge in [-0.1, -0.05) is 41.9 Å². The van der Waals surface area contributed by atoms with Crippen molar-refractivity contribution in [1.82, 2.24) is 4.90 Å². The lowest BCUT2D eigenvalue weighted by molar-refractivity contribution is -0.131. The van der Waals surface area contributed by atoms with Gasteiger partial charge in [0.25, 0.3) is 0 Å². The third-order valence-corrected chi connectivity index (χ3v) is 4.89. The van der Waals surface area contributed by atoms with Crippen LogP contribution in [0.1, 0.15) is 5.56 Å². The number of nitrogens with one attached hydrogen (secondary N) is 1. The van der Waals surface area contributed by atoms with Crippen LogP contribution < -0.4 is 5.32 Å². The highest BCUT2D eigenvalue weighted by Crippen LogP contribution is 2.22. The molecule has 0 bridgehead atoms. The van der Waals surface area contributed by atoms with E-state index in [1.54, 1.807) is 31.3 Å². The van der Waals surface area contributed by atoms with E-state index in [0.717, 1.165) is 10.5 Å². The number of nitrogens with zero attached hydrogens (tertiary/aromatic N) is 1. The minimum Gasteiger partial charge on any atom is -0.336 e. The molecule has 0 aliphatic carbocycles. The maximum atomic E-state index is 12.2. The van der Waals surface area contributed by atoms with Gasteiger partial charge >= 0.3 is 0 Å². The number of amides is 2. The highest BCUT2D eigenvalue weighted by Gasteiger charge is 2.14. The van der Waals surface area contributed by atoms with E-state index < -0.39 is 0 Å². The monoisotopic (exact) mass is 362 g/mol. The minimum atomic E-state index is -0.278. The molecule has 0 saturated carbocycles. The molecule has 0 fully saturated rings. The molecular formula is C18H19ClN2O2S. The molecule has 0 saturated heterocycles. The lowest BCUT2D eigenvalue weighted by Gasteiger charge is -2.17. The van der Waals surface area contributed by atoms with Crippen LogP contribution in [-0.4, -0.2) is 36.1 Å². The van der Waals surface area contributed by atoms with Gasteiger partial charge in [-0.15, -0.1) is 11.8 Å². The Morgan fingerprint density at radius 3 is 2.50 bits per heavy atom. The summed E-state index contributed by atoms with van der Waals surface area (Å²) in [4.78, 5) is 26.7. The van der Waals surface area contributed by atoms with Gasteiger partial charge in [0, 0.05) is 11.9 Å². The predicted octanol–water partition coefficient (Wildman–Crippen LogP) is 3.84. The average molecular weight is 363 g/mol. The van der Waals surface area contributed by atoms with Crippen LogP contribution in [0.5, 0.6) is 0 Å². The van der Waals surface area contributed by atoms with E-state index in [1.807, 2.05) is 31.2 Å². The largest absolute Gasteiger partial charge is 0.336 e. The predicted molar refractivity (Wildman–Crippen MR) is 99.6 cm³/mol. The molecule has 2 aromatic carbocycles. The number of thioether (sulfide) groups is 1. The molecule has 0 spiro atoms. The number of benzene rings is 2. The second kappa shape index (κ2) is 8.76. The second-order valence-electron chi connectivity index (χ2n) is 5.33. The molecule has 0 aromatic heterocycles. The van der Waals surface area contributed by atoms with Crippen LogP contribution in [0.3, 0.4) is 0 Å². The number of hydrogen-bond acceptors (Lipinski definition) is 3. The topological polar surface area (TPSA) is 49.4 Å². The fourth-order valence-electron chi connectivity index (χ4n) is 2.02. The summed E-state index contributed by atoms with van der Waals surface area (Å²) >= 11 is 7.47. The maximum absolute atomic E-state index is 12.2. The fraction of sp³-hybridized carbons (Fsp3) is 0.222. The van der Waals surface area contributed by atoms with Crippen LogP contribution in [0.2, 0.25) is 5.02 Å². The Kier molecular flexibility index (Phi) is 6.70. The van der Waals surface area contributed by atoms with Crippen molar-refractivity contribution in [3.8, 4) is 0 Å². The molecule has 0 aliphatic rings. The van der Waals surface area contributed by atoms with E-state index >= 15 is 0 Å². The van der Waals surface area contributed by atoms with E-state index in [1.165, 1.54) is 16.7 Å². The zero-order valence-electron chi connectivity index (χ0n) is 13.6. The molecule has 0 aliphatic heterocycles. The van der Waals surface area contributed by atoms with Crippen molar-refractivity contribution >= 4 is 40.9 Å². The van der Waals surface area contributed by atoms with E-state index in [9.17, 15) is 9.59 Å². The Morgan fingerprint density at radius 1 is 1.12 bits per heavy atom. The summed E-state index contributed by atoms with van der Waals surface area (Å²) in [7, 11) is 1.62.